The molecule has 1 aromatic heterocycles. The van der Waals surface area contributed by atoms with E-state index in [0.717, 1.165) is 17.5 Å². The molecule has 2 heterocycles. The van der Waals surface area contributed by atoms with E-state index in [9.17, 15) is 4.79 Å². The molecular weight excluding hydrogens is 256 g/mol. The average molecular weight is 272 g/mol. The molecule has 20 heavy (non-hydrogen) atoms. The maximum absolute atomic E-state index is 11.1. The second-order valence-corrected chi connectivity index (χ2v) is 4.66. The molecule has 0 radical (unpaired) electrons. The van der Waals surface area contributed by atoms with Gasteiger partial charge in [0.2, 0.25) is 0 Å². The molecule has 1 aliphatic rings. The number of aromatic nitrogens is 1. The van der Waals surface area contributed by atoms with Gasteiger partial charge in [0.1, 0.15) is 0 Å². The summed E-state index contributed by atoms with van der Waals surface area (Å²) in [6.07, 6.45) is 2.43. The predicted molar refractivity (Wildman–Crippen MR) is 74.5 cm³/mol. The number of carbonyl (C=O) groups is 1. The van der Waals surface area contributed by atoms with Gasteiger partial charge in [0.05, 0.1) is 0 Å². The summed E-state index contributed by atoms with van der Waals surface area (Å²) >= 11 is 0. The highest BCUT2D eigenvalue weighted by atomic mass is 16.4. The van der Waals surface area contributed by atoms with Crippen LogP contribution in [-0.4, -0.2) is 21.5 Å². The Bertz CT molecular complexity index is 614. The Hall–Kier alpha value is -2.24. The third-order valence-corrected chi connectivity index (χ3v) is 3.48. The second-order valence-electron chi connectivity index (χ2n) is 4.66. The van der Waals surface area contributed by atoms with Crippen molar-refractivity contribution in [3.63, 3.8) is 0 Å². The third-order valence-electron chi connectivity index (χ3n) is 3.48. The molecule has 0 aliphatic carbocycles. The molecule has 1 atom stereocenters. The fraction of sp³-hybridized carbons (Fsp3) is 0.200. The third kappa shape index (κ3) is 2.54. The number of aromatic carboxylic acids is 1. The van der Waals surface area contributed by atoms with Gasteiger partial charge in [-0.1, -0.05) is 30.3 Å². The monoisotopic (exact) mass is 272 g/mol. The highest BCUT2D eigenvalue weighted by molar-refractivity contribution is 5.87. The number of carboxylic acids is 1. The van der Waals surface area contributed by atoms with Crippen molar-refractivity contribution in [1.82, 2.24) is 10.3 Å². The zero-order valence-corrected chi connectivity index (χ0v) is 10.8. The molecule has 0 spiro atoms. The molecule has 5 nitrogen and oxygen atoms in total. The molecule has 104 valence electrons. The van der Waals surface area contributed by atoms with Crippen molar-refractivity contribution in [2.75, 3.05) is 0 Å². The molecule has 1 unspecified atom stereocenters. The molecule has 5 heteroatoms. The smallest absolute Gasteiger partial charge is 0.354 e. The fourth-order valence-electron chi connectivity index (χ4n) is 2.57. The Kier molecular flexibility index (Phi) is 4.12. The number of benzene rings is 1. The maximum Gasteiger partial charge on any atom is 0.354 e. The van der Waals surface area contributed by atoms with E-state index in [1.54, 1.807) is 6.20 Å². The van der Waals surface area contributed by atoms with Crippen LogP contribution in [0, 0.1) is 0 Å². The minimum Gasteiger partial charge on any atom is -0.477 e. The van der Waals surface area contributed by atoms with Gasteiger partial charge in [0.15, 0.2) is 5.69 Å². The van der Waals surface area contributed by atoms with E-state index in [2.05, 4.69) is 22.4 Å². The minimum absolute atomic E-state index is 0. The number of nitrogens with zero attached hydrogens (tertiary/aromatic N) is 1. The summed E-state index contributed by atoms with van der Waals surface area (Å²) < 4.78 is 0. The Morgan fingerprint density at radius 3 is 2.75 bits per heavy atom. The predicted octanol–water partition coefficient (Wildman–Crippen LogP) is 1.34. The average Bonchev–Trinajstić information content (AvgIpc) is 2.83. The summed E-state index contributed by atoms with van der Waals surface area (Å²) in [4.78, 5) is 15.1. The zero-order chi connectivity index (χ0) is 13.2. The molecule has 0 amide bonds. The van der Waals surface area contributed by atoms with Crippen LogP contribution in [-0.2, 0) is 13.0 Å². The van der Waals surface area contributed by atoms with Gasteiger partial charge >= 0.3 is 5.97 Å². The van der Waals surface area contributed by atoms with Crippen LogP contribution in [0.25, 0.3) is 0 Å². The Morgan fingerprint density at radius 1 is 1.30 bits per heavy atom. The first-order valence-corrected chi connectivity index (χ1v) is 6.24. The van der Waals surface area contributed by atoms with Gasteiger partial charge in [0.25, 0.3) is 0 Å². The van der Waals surface area contributed by atoms with Crippen LogP contribution >= 0.6 is 0 Å². The van der Waals surface area contributed by atoms with Gasteiger partial charge in [-0.25, -0.2) is 9.78 Å². The summed E-state index contributed by atoms with van der Waals surface area (Å²) in [7, 11) is 0. The lowest BCUT2D eigenvalue weighted by Gasteiger charge is -2.12. The number of pyridine rings is 1. The lowest BCUT2D eigenvalue weighted by atomic mass is 9.98. The van der Waals surface area contributed by atoms with E-state index >= 15 is 0 Å². The van der Waals surface area contributed by atoms with E-state index in [0.29, 0.717) is 6.54 Å². The van der Waals surface area contributed by atoms with Crippen molar-refractivity contribution in [1.29, 1.82) is 0 Å². The van der Waals surface area contributed by atoms with Crippen LogP contribution in [0.4, 0.5) is 0 Å². The maximum atomic E-state index is 11.1. The molecule has 2 aromatic rings. The van der Waals surface area contributed by atoms with Crippen molar-refractivity contribution in [3.05, 3.63) is 65.0 Å². The first kappa shape index (κ1) is 14.2. The van der Waals surface area contributed by atoms with Crippen molar-refractivity contribution in [2.45, 2.75) is 19.0 Å². The van der Waals surface area contributed by atoms with Crippen LogP contribution < -0.4 is 5.32 Å². The lowest BCUT2D eigenvalue weighted by Crippen LogP contribution is -2.14. The van der Waals surface area contributed by atoms with Crippen LogP contribution in [0.3, 0.4) is 0 Å². The molecule has 0 bridgehead atoms. The summed E-state index contributed by atoms with van der Waals surface area (Å²) in [5.41, 5.74) is 3.27. The van der Waals surface area contributed by atoms with Gasteiger partial charge in [-0.05, 0) is 23.6 Å². The van der Waals surface area contributed by atoms with Crippen LogP contribution in [0.15, 0.2) is 42.6 Å². The molecule has 0 saturated heterocycles. The van der Waals surface area contributed by atoms with E-state index in [1.807, 2.05) is 24.3 Å². The molecular formula is C15H16N2O3. The van der Waals surface area contributed by atoms with E-state index < -0.39 is 5.97 Å². The normalized spacial score (nSPS) is 16.3. The summed E-state index contributed by atoms with van der Waals surface area (Å²) in [6, 6.07) is 12.3. The summed E-state index contributed by atoms with van der Waals surface area (Å²) in [5, 5.41) is 12.5. The number of nitrogens with one attached hydrogen (secondary N) is 1. The van der Waals surface area contributed by atoms with Gasteiger partial charge < -0.3 is 15.9 Å². The van der Waals surface area contributed by atoms with Crippen molar-refractivity contribution in [2.24, 2.45) is 0 Å². The molecule has 1 aromatic carbocycles. The number of hydrogen-bond acceptors (Lipinski definition) is 3. The first-order valence-electron chi connectivity index (χ1n) is 6.24. The van der Waals surface area contributed by atoms with Crippen molar-refractivity contribution < 1.29 is 15.4 Å². The summed E-state index contributed by atoms with van der Waals surface area (Å²) in [5.74, 6) is -0.959. The zero-order valence-electron chi connectivity index (χ0n) is 10.8. The van der Waals surface area contributed by atoms with E-state index in [1.165, 1.54) is 5.56 Å². The number of rotatable bonds is 3. The minimum atomic E-state index is -0.959. The second kappa shape index (κ2) is 5.81. The van der Waals surface area contributed by atoms with Gasteiger partial charge in [-0.15, -0.1) is 0 Å². The van der Waals surface area contributed by atoms with Crippen molar-refractivity contribution >= 4 is 5.97 Å². The molecule has 1 aliphatic heterocycles. The van der Waals surface area contributed by atoms with Crippen molar-refractivity contribution in [3.8, 4) is 0 Å². The van der Waals surface area contributed by atoms with Crippen LogP contribution in [0.5, 0.6) is 0 Å². The standard InChI is InChI=1S/C15H14N2O2.H2O/c18-15(19)14-12-9-17-13(11(12)6-7-16-14)8-10-4-2-1-3-5-10;/h1-7,13,17H,8-9H2,(H,18,19);1H2. The Morgan fingerprint density at radius 2 is 2.05 bits per heavy atom. The molecule has 0 fully saturated rings. The molecule has 0 saturated carbocycles. The first-order chi connectivity index (χ1) is 9.25. The highest BCUT2D eigenvalue weighted by Gasteiger charge is 2.26. The van der Waals surface area contributed by atoms with Gasteiger partial charge in [0, 0.05) is 24.3 Å². The Labute approximate surface area is 116 Å². The quantitative estimate of drug-likeness (QED) is 0.881. The molecule has 4 N–H and O–H groups in total. The number of fused-ring (bicyclic) bond motifs is 1. The SMILES string of the molecule is O.O=C(O)c1nccc2c1CNC2Cc1ccccc1. The van der Waals surface area contributed by atoms with Gasteiger partial charge in [-0.3, -0.25) is 0 Å². The lowest BCUT2D eigenvalue weighted by molar-refractivity contribution is 0.0689. The van der Waals surface area contributed by atoms with Crippen LogP contribution in [0.2, 0.25) is 0 Å². The number of carboxylic acid groups (broad SMARTS) is 1. The largest absolute Gasteiger partial charge is 0.477 e. The van der Waals surface area contributed by atoms with E-state index in [-0.39, 0.29) is 17.2 Å². The van der Waals surface area contributed by atoms with E-state index in [4.69, 9.17) is 5.11 Å². The molecule has 3 rings (SSSR count). The topological polar surface area (TPSA) is 93.7 Å². The van der Waals surface area contributed by atoms with Crippen LogP contribution in [0.1, 0.15) is 33.2 Å². The summed E-state index contributed by atoms with van der Waals surface area (Å²) in [6.45, 7) is 0.572. The highest BCUT2D eigenvalue weighted by Crippen LogP contribution is 2.29. The van der Waals surface area contributed by atoms with Gasteiger partial charge in [-0.2, -0.15) is 0 Å². The number of hydrogen-bond donors (Lipinski definition) is 2. The Balaban J connectivity index is 0.00000147. The fourth-order valence-corrected chi connectivity index (χ4v) is 2.57.